The number of carbonyl (C=O) groups is 4. The smallest absolute Gasteiger partial charge is 0.681 e. The van der Waals surface area contributed by atoms with Crippen LogP contribution in [0.15, 0.2) is 29.5 Å². The second kappa shape index (κ2) is 20.5. The van der Waals surface area contributed by atoms with E-state index in [1.807, 2.05) is 45.1 Å². The number of carbonyl (C=O) groups excluding carboxylic acids is 4. The average molecular weight is 838 g/mol. The Kier molecular flexibility index (Phi) is 15.9. The van der Waals surface area contributed by atoms with Crippen LogP contribution in [0.4, 0.5) is 0 Å². The molecular weight excluding hydrogens is 777 g/mol. The van der Waals surface area contributed by atoms with E-state index in [1.165, 1.54) is 38.4 Å². The number of aromatic amines is 1. The number of rotatable bonds is 17. The van der Waals surface area contributed by atoms with Crippen LogP contribution in [0, 0.1) is 37.5 Å². The number of aromatic nitrogens is 3. The van der Waals surface area contributed by atoms with Crippen molar-refractivity contribution in [1.29, 1.82) is 0 Å². The number of fused-ring (bicyclic) bond motifs is 8. The fraction of sp³-hybridized carbons (Fsp3) is 0.480. The van der Waals surface area contributed by atoms with Gasteiger partial charge in [0, 0.05) is 28.2 Å². The van der Waals surface area contributed by atoms with Crippen molar-refractivity contribution < 1.29 is 28.7 Å². The Bertz CT molecular complexity index is 2400. The van der Waals surface area contributed by atoms with Crippen LogP contribution in [-0.4, -0.2) is 71.8 Å². The molecule has 0 spiro atoms. The van der Waals surface area contributed by atoms with Crippen molar-refractivity contribution in [1.82, 2.24) is 15.0 Å². The number of Topliss-reactive ketones (excluding diaryl/α,β-unsaturated/α-hetero) is 1. The van der Waals surface area contributed by atoms with Gasteiger partial charge in [-0.1, -0.05) is 119 Å². The maximum Gasteiger partial charge on any atom is 2.00 e. The van der Waals surface area contributed by atoms with E-state index >= 15 is 0 Å². The number of hydrogen-bond acceptors (Lipinski definition) is 6. The van der Waals surface area contributed by atoms with E-state index in [9.17, 15) is 19.2 Å². The molecule has 1 fully saturated rings. The first-order valence-corrected chi connectivity index (χ1v) is 21.7. The second-order valence-electron chi connectivity index (χ2n) is 17.4. The number of H-pyrrole nitrogens is 1. The summed E-state index contributed by atoms with van der Waals surface area (Å²) in [6.45, 7) is 21.1. The molecule has 1 saturated heterocycles. The molecule has 5 heterocycles. The van der Waals surface area contributed by atoms with Gasteiger partial charge in [0.05, 0.1) is 7.11 Å². The van der Waals surface area contributed by atoms with Crippen LogP contribution in [0.3, 0.4) is 0 Å². The molecule has 11 heteroatoms. The Balaban J connectivity index is 0.00000704. The van der Waals surface area contributed by atoms with Crippen LogP contribution in [0.1, 0.15) is 159 Å². The molecule has 0 radical (unpaired) electrons. The third-order valence-corrected chi connectivity index (χ3v) is 12.8. The first kappa shape index (κ1) is 47.4. The van der Waals surface area contributed by atoms with Gasteiger partial charge in [-0.3, -0.25) is 14.4 Å². The normalized spacial score (nSPS) is 20.5. The number of esters is 2. The fourth-order valence-corrected chi connectivity index (χ4v) is 9.22. The van der Waals surface area contributed by atoms with E-state index in [2.05, 4.69) is 46.2 Å². The average Bonchev–Trinajstić information content (AvgIpc) is 3.96. The van der Waals surface area contributed by atoms with Gasteiger partial charge in [-0.25, -0.2) is 4.79 Å². The molecule has 10 nitrogen and oxygen atoms in total. The number of ether oxygens (including phenoxy) is 2. The zero-order chi connectivity index (χ0) is 43.4. The minimum Gasteiger partial charge on any atom is -0.681 e. The third-order valence-electron chi connectivity index (χ3n) is 12.8. The molecule has 0 amide bonds. The van der Waals surface area contributed by atoms with Gasteiger partial charge in [-0.2, -0.15) is 5.70 Å². The summed E-state index contributed by atoms with van der Waals surface area (Å²) in [5.74, 6) is -0.560. The molecule has 6 rings (SSSR count). The summed E-state index contributed by atoms with van der Waals surface area (Å²) in [5, 5.41) is 6.56. The van der Waals surface area contributed by atoms with Crippen molar-refractivity contribution in [2.75, 3.05) is 13.7 Å². The van der Waals surface area contributed by atoms with E-state index < -0.39 is 17.8 Å². The maximum absolute atomic E-state index is 14.3. The maximum atomic E-state index is 14.3. The molecule has 0 aromatic carbocycles. The van der Waals surface area contributed by atoms with Crippen molar-refractivity contribution >= 4 is 76.9 Å². The zero-order valence-electron chi connectivity index (χ0n) is 37.6. The van der Waals surface area contributed by atoms with Gasteiger partial charge in [0.2, 0.25) is 0 Å². The number of nitrogens with one attached hydrogen (secondary N) is 1. The molecule has 320 valence electrons. The molecule has 4 atom stereocenters. The van der Waals surface area contributed by atoms with Crippen molar-refractivity contribution in [3.8, 4) is 0 Å². The minimum atomic E-state index is -0.754. The minimum absolute atomic E-state index is 0. The summed E-state index contributed by atoms with van der Waals surface area (Å²) in [5.41, 5.74) is 8.53. The largest absolute Gasteiger partial charge is 2.00 e. The molecule has 3 aliphatic rings. The summed E-state index contributed by atoms with van der Waals surface area (Å²) in [7, 11) is 1.26. The molecule has 8 bridgehead atoms. The van der Waals surface area contributed by atoms with Crippen molar-refractivity contribution in [3.05, 3.63) is 102 Å². The first-order valence-electron chi connectivity index (χ1n) is 21.7. The van der Waals surface area contributed by atoms with Crippen molar-refractivity contribution in [2.24, 2.45) is 23.7 Å². The molecule has 3 aromatic heterocycles. The molecule has 1 N–H and O–H groups in total. The van der Waals surface area contributed by atoms with Gasteiger partial charge in [-0.05, 0) is 87.3 Å². The molecule has 2 aliphatic heterocycles. The SMILES string of the molecule is C=Cc1c2[n-]c(c1C)/C=C1\[N-]C(C3=C(C(=O)OC)C(=O)c4c3[n-]c(c4C)/C=c3\[nH]/c(c(C=O)c3CC)=C\2)[C@@H](CCC(=O)OC/C=C(\C)CCC[C@H](C)CCCC(C)C)[C@@H]1C.[Mg+2]. The number of hydrogen-bond donors (Lipinski definition) is 1. The quantitative estimate of drug-likeness (QED) is 0.0471. The Morgan fingerprint density at radius 1 is 0.951 bits per heavy atom. The van der Waals surface area contributed by atoms with Crippen molar-refractivity contribution in [2.45, 2.75) is 119 Å². The Hall–Kier alpha value is -4.61. The molecule has 1 unspecified atom stereocenters. The number of methoxy groups -OCH3 is 1. The van der Waals surface area contributed by atoms with E-state index in [0.29, 0.717) is 74.5 Å². The standard InChI is InChI=1S/C50H63N4O6.Mg/c1-11-33-30(7)37-23-38-31(8)35(19-20-43(56)60-22-21-29(6)18-14-17-28(5)16-13-15-27(3)4)47(53-38)45-46(50(58)59-10)49(57)44-32(9)39(54-48(44)45)24-41-34(12-2)36(26-55)42(52-41)25-40(33)51-37;/h11,21,23-28,31,35,47H,1,12-20,22H2,2-10H3,(H3-,51,52,53,54,55,57,58);/q-1;+2/p-2/b29-21+;/t28-,31+,35+,47?;/m1./s1. The van der Waals surface area contributed by atoms with Gasteiger partial charge >= 0.3 is 35.0 Å². The van der Waals surface area contributed by atoms with Crippen LogP contribution >= 0.6 is 0 Å². The molecular formula is C50H61MgN4O6-. The first-order chi connectivity index (χ1) is 28.7. The fourth-order valence-electron chi connectivity index (χ4n) is 9.22. The van der Waals surface area contributed by atoms with E-state index in [1.54, 1.807) is 6.08 Å². The number of nitrogens with zero attached hydrogens (tertiary/aromatic N) is 3. The molecule has 3 aromatic rings. The van der Waals surface area contributed by atoms with Gasteiger partial charge in [0.1, 0.15) is 12.2 Å². The predicted octanol–water partition coefficient (Wildman–Crippen LogP) is 8.23. The molecule has 1 aliphatic carbocycles. The number of aldehydes is 1. The van der Waals surface area contributed by atoms with Gasteiger partial charge < -0.3 is 29.7 Å². The summed E-state index contributed by atoms with van der Waals surface area (Å²) >= 11 is 0. The summed E-state index contributed by atoms with van der Waals surface area (Å²) in [6.07, 6.45) is 18.5. The predicted molar refractivity (Wildman–Crippen MR) is 243 cm³/mol. The van der Waals surface area contributed by atoms with Gasteiger partial charge in [0.25, 0.3) is 0 Å². The Labute approximate surface area is 377 Å². The number of allylic oxidation sites excluding steroid dienone is 2. The van der Waals surface area contributed by atoms with Crippen LogP contribution in [-0.2, 0) is 25.5 Å². The monoisotopic (exact) mass is 837 g/mol. The Morgan fingerprint density at radius 3 is 2.33 bits per heavy atom. The Morgan fingerprint density at radius 2 is 1.66 bits per heavy atom. The van der Waals surface area contributed by atoms with Gasteiger partial charge in [-0.15, -0.1) is 22.8 Å². The summed E-state index contributed by atoms with van der Waals surface area (Å²) in [4.78, 5) is 67.2. The van der Waals surface area contributed by atoms with Crippen LogP contribution < -0.4 is 20.7 Å². The van der Waals surface area contributed by atoms with Crippen LogP contribution in [0.2, 0.25) is 0 Å². The number of ketones is 1. The molecule has 0 saturated carbocycles. The van der Waals surface area contributed by atoms with E-state index in [0.717, 1.165) is 47.4 Å². The van der Waals surface area contributed by atoms with E-state index in [-0.39, 0.29) is 59.5 Å². The molecule has 61 heavy (non-hydrogen) atoms. The van der Waals surface area contributed by atoms with Crippen molar-refractivity contribution in [3.63, 3.8) is 0 Å². The summed E-state index contributed by atoms with van der Waals surface area (Å²) < 4.78 is 10.9. The zero-order valence-corrected chi connectivity index (χ0v) is 39.0. The van der Waals surface area contributed by atoms with E-state index in [4.69, 9.17) is 24.8 Å². The van der Waals surface area contributed by atoms with Crippen LogP contribution in [0.5, 0.6) is 0 Å². The third kappa shape index (κ3) is 9.88. The second-order valence-corrected chi connectivity index (χ2v) is 17.4. The summed E-state index contributed by atoms with van der Waals surface area (Å²) in [6, 6.07) is -0.687. The topological polar surface area (TPSA) is 145 Å². The van der Waals surface area contributed by atoms with Gasteiger partial charge in [0.15, 0.2) is 12.1 Å². The van der Waals surface area contributed by atoms with Crippen LogP contribution in [0.25, 0.3) is 35.2 Å².